The summed E-state index contributed by atoms with van der Waals surface area (Å²) < 4.78 is 4.82. The van der Waals surface area contributed by atoms with Gasteiger partial charge in [0, 0.05) is 19.6 Å². The number of esters is 1. The normalized spacial score (nSPS) is 18.7. The molecular weight excluding hydrogens is 268 g/mol. The molecule has 1 aliphatic heterocycles. The second-order valence-electron chi connectivity index (χ2n) is 5.44. The molecule has 0 radical (unpaired) electrons. The molecule has 116 valence electrons. The molecule has 2 rings (SSSR count). The lowest BCUT2D eigenvalue weighted by Crippen LogP contribution is -2.39. The number of anilines is 2. The molecule has 1 aromatic heterocycles. The van der Waals surface area contributed by atoms with Crippen molar-refractivity contribution in [2.75, 3.05) is 44.4 Å². The fraction of sp³-hybridized carbons (Fsp3) is 0.600. The van der Waals surface area contributed by atoms with E-state index in [1.54, 1.807) is 12.3 Å². The number of nitrogens with two attached hydrogens (primary N) is 1. The third kappa shape index (κ3) is 3.44. The van der Waals surface area contributed by atoms with Gasteiger partial charge in [0.15, 0.2) is 0 Å². The van der Waals surface area contributed by atoms with E-state index < -0.39 is 5.97 Å². The maximum atomic E-state index is 11.9. The number of aromatic nitrogens is 1. The van der Waals surface area contributed by atoms with Gasteiger partial charge in [-0.15, -0.1) is 0 Å². The van der Waals surface area contributed by atoms with Crippen molar-refractivity contribution in [3.8, 4) is 0 Å². The molecule has 0 spiro atoms. The van der Waals surface area contributed by atoms with Crippen LogP contribution >= 0.6 is 0 Å². The van der Waals surface area contributed by atoms with E-state index in [0.29, 0.717) is 23.1 Å². The summed E-state index contributed by atoms with van der Waals surface area (Å²) in [5.41, 5.74) is 6.61. The molecule has 1 fully saturated rings. The zero-order chi connectivity index (χ0) is 15.4. The lowest BCUT2D eigenvalue weighted by molar-refractivity contribution is 0.0601. The number of likely N-dealkylation sites (N-methyl/N-ethyl adjacent to an activating group) is 2. The van der Waals surface area contributed by atoms with Gasteiger partial charge in [0.1, 0.15) is 11.4 Å². The van der Waals surface area contributed by atoms with Gasteiger partial charge in [0.05, 0.1) is 19.0 Å². The van der Waals surface area contributed by atoms with E-state index in [4.69, 9.17) is 10.5 Å². The Labute approximate surface area is 125 Å². The Morgan fingerprint density at radius 3 is 3.05 bits per heavy atom. The van der Waals surface area contributed by atoms with Crippen LogP contribution in [0.1, 0.15) is 30.1 Å². The van der Waals surface area contributed by atoms with E-state index in [-0.39, 0.29) is 0 Å². The van der Waals surface area contributed by atoms with Crippen molar-refractivity contribution >= 4 is 17.5 Å². The van der Waals surface area contributed by atoms with Crippen molar-refractivity contribution in [1.29, 1.82) is 0 Å². The van der Waals surface area contributed by atoms with Gasteiger partial charge in [-0.25, -0.2) is 9.78 Å². The summed E-state index contributed by atoms with van der Waals surface area (Å²) in [5, 5.41) is 0. The number of likely N-dealkylation sites (tertiary alicyclic amines) is 1. The van der Waals surface area contributed by atoms with E-state index in [2.05, 4.69) is 16.8 Å². The van der Waals surface area contributed by atoms with Gasteiger partial charge in [-0.2, -0.15) is 0 Å². The van der Waals surface area contributed by atoms with Crippen molar-refractivity contribution in [2.24, 2.45) is 0 Å². The van der Waals surface area contributed by atoms with Crippen LogP contribution in [0, 0.1) is 0 Å². The summed E-state index contributed by atoms with van der Waals surface area (Å²) in [6.07, 6.45) is 3.98. The molecule has 2 N–H and O–H groups in total. The number of pyridine rings is 1. The number of nitrogens with zero attached hydrogens (tertiary/aromatic N) is 3. The summed E-state index contributed by atoms with van der Waals surface area (Å²) in [6, 6.07) is 2.13. The van der Waals surface area contributed by atoms with Crippen LogP contribution in [0.15, 0.2) is 12.3 Å². The molecular formula is C15H24N4O2. The van der Waals surface area contributed by atoms with Gasteiger partial charge < -0.3 is 15.4 Å². The average molecular weight is 292 g/mol. The van der Waals surface area contributed by atoms with Crippen LogP contribution in [-0.4, -0.2) is 55.7 Å². The molecule has 1 atom stereocenters. The van der Waals surface area contributed by atoms with Gasteiger partial charge in [-0.05, 0) is 32.0 Å². The van der Waals surface area contributed by atoms with Crippen LogP contribution < -0.4 is 10.6 Å². The summed E-state index contributed by atoms with van der Waals surface area (Å²) in [7, 11) is 3.32. The first kappa shape index (κ1) is 15.6. The largest absolute Gasteiger partial charge is 0.465 e. The van der Waals surface area contributed by atoms with E-state index in [1.165, 1.54) is 20.0 Å². The third-order valence-electron chi connectivity index (χ3n) is 4.04. The van der Waals surface area contributed by atoms with Crippen LogP contribution in [0.25, 0.3) is 0 Å². The number of methoxy groups -OCH3 is 1. The van der Waals surface area contributed by atoms with Crippen molar-refractivity contribution in [2.45, 2.75) is 25.8 Å². The number of ether oxygens (including phenoxy) is 1. The third-order valence-corrected chi connectivity index (χ3v) is 4.04. The highest BCUT2D eigenvalue weighted by Gasteiger charge is 2.26. The Morgan fingerprint density at radius 1 is 1.62 bits per heavy atom. The van der Waals surface area contributed by atoms with Crippen molar-refractivity contribution in [3.05, 3.63) is 17.8 Å². The van der Waals surface area contributed by atoms with Gasteiger partial charge in [0.25, 0.3) is 0 Å². The van der Waals surface area contributed by atoms with Crippen molar-refractivity contribution < 1.29 is 9.53 Å². The van der Waals surface area contributed by atoms with Crippen molar-refractivity contribution in [3.63, 3.8) is 0 Å². The molecule has 1 unspecified atom stereocenters. The SMILES string of the molecule is CCN1CCCC1CN(C)c1ncc(N)cc1C(=O)OC. The molecule has 0 aliphatic carbocycles. The lowest BCUT2D eigenvalue weighted by atomic mass is 10.2. The minimum atomic E-state index is -0.407. The van der Waals surface area contributed by atoms with Crippen LogP contribution in [0.5, 0.6) is 0 Å². The number of nitrogen functional groups attached to an aromatic ring is 1. The van der Waals surface area contributed by atoms with Crippen molar-refractivity contribution in [1.82, 2.24) is 9.88 Å². The zero-order valence-corrected chi connectivity index (χ0v) is 13.0. The minimum absolute atomic E-state index is 0.407. The summed E-state index contributed by atoms with van der Waals surface area (Å²) in [6.45, 7) is 5.22. The Hall–Kier alpha value is -1.82. The fourth-order valence-electron chi connectivity index (χ4n) is 2.96. The Morgan fingerprint density at radius 2 is 2.38 bits per heavy atom. The van der Waals surface area contributed by atoms with E-state index in [9.17, 15) is 4.79 Å². The van der Waals surface area contributed by atoms with Crippen LogP contribution in [0.3, 0.4) is 0 Å². The molecule has 1 aliphatic rings. The highest BCUT2D eigenvalue weighted by atomic mass is 16.5. The summed E-state index contributed by atoms with van der Waals surface area (Å²) in [5.74, 6) is 0.217. The highest BCUT2D eigenvalue weighted by molar-refractivity contribution is 5.95. The quantitative estimate of drug-likeness (QED) is 0.827. The lowest BCUT2D eigenvalue weighted by Gasteiger charge is -2.29. The zero-order valence-electron chi connectivity index (χ0n) is 13.0. The Kier molecular flexibility index (Phi) is 5.01. The van der Waals surface area contributed by atoms with E-state index in [0.717, 1.165) is 19.6 Å². The average Bonchev–Trinajstić information content (AvgIpc) is 2.93. The van der Waals surface area contributed by atoms with Gasteiger partial charge in [-0.1, -0.05) is 6.92 Å². The topological polar surface area (TPSA) is 71.7 Å². The predicted molar refractivity (Wildman–Crippen MR) is 83.5 cm³/mol. The second kappa shape index (κ2) is 6.76. The first-order valence-electron chi connectivity index (χ1n) is 7.35. The molecule has 0 saturated carbocycles. The molecule has 0 aromatic carbocycles. The number of hydrogen-bond acceptors (Lipinski definition) is 6. The summed E-state index contributed by atoms with van der Waals surface area (Å²) >= 11 is 0. The standard InChI is InChI=1S/C15H24N4O2/c1-4-19-7-5-6-12(19)10-18(2)14-13(15(20)21-3)8-11(16)9-17-14/h8-9,12H,4-7,10,16H2,1-3H3. The number of carbonyl (C=O) groups is 1. The molecule has 21 heavy (non-hydrogen) atoms. The minimum Gasteiger partial charge on any atom is -0.465 e. The smallest absolute Gasteiger partial charge is 0.341 e. The number of rotatable bonds is 5. The van der Waals surface area contributed by atoms with Gasteiger partial charge >= 0.3 is 5.97 Å². The molecule has 2 heterocycles. The van der Waals surface area contributed by atoms with Crippen LogP contribution in [0.2, 0.25) is 0 Å². The van der Waals surface area contributed by atoms with E-state index >= 15 is 0 Å². The van der Waals surface area contributed by atoms with Crippen LogP contribution in [0.4, 0.5) is 11.5 Å². The summed E-state index contributed by atoms with van der Waals surface area (Å²) in [4.78, 5) is 20.7. The maximum absolute atomic E-state index is 11.9. The fourth-order valence-corrected chi connectivity index (χ4v) is 2.96. The first-order chi connectivity index (χ1) is 10.1. The second-order valence-corrected chi connectivity index (χ2v) is 5.44. The molecule has 0 amide bonds. The first-order valence-corrected chi connectivity index (χ1v) is 7.35. The molecule has 1 saturated heterocycles. The van der Waals surface area contributed by atoms with Gasteiger partial charge in [-0.3, -0.25) is 4.90 Å². The van der Waals surface area contributed by atoms with E-state index in [1.807, 2.05) is 11.9 Å². The van der Waals surface area contributed by atoms with Crippen LogP contribution in [-0.2, 0) is 4.74 Å². The molecule has 1 aromatic rings. The Bertz CT molecular complexity index is 506. The highest BCUT2D eigenvalue weighted by Crippen LogP contribution is 2.23. The Balaban J connectivity index is 2.18. The predicted octanol–water partition coefficient (Wildman–Crippen LogP) is 1.37. The maximum Gasteiger partial charge on any atom is 0.341 e. The monoisotopic (exact) mass is 292 g/mol. The number of carbonyl (C=O) groups excluding carboxylic acids is 1. The molecule has 0 bridgehead atoms. The number of hydrogen-bond donors (Lipinski definition) is 1. The molecule has 6 heteroatoms. The van der Waals surface area contributed by atoms with Gasteiger partial charge in [0.2, 0.25) is 0 Å². The molecule has 6 nitrogen and oxygen atoms in total.